The maximum Gasteiger partial charge on any atom is 0.254 e. The van der Waals surface area contributed by atoms with E-state index in [1.165, 1.54) is 30.2 Å². The zero-order chi connectivity index (χ0) is 25.5. The van der Waals surface area contributed by atoms with Crippen molar-refractivity contribution in [2.45, 2.75) is 12.8 Å². The number of para-hydroxylation sites is 2. The Labute approximate surface area is 217 Å². The zero-order valence-corrected chi connectivity index (χ0v) is 21.2. The number of allylic oxidation sites excluding steroid dienone is 2. The molecule has 2 amide bonds. The summed E-state index contributed by atoms with van der Waals surface area (Å²) < 4.78 is 5.37. The summed E-state index contributed by atoms with van der Waals surface area (Å²) >= 11 is 2.54. The van der Waals surface area contributed by atoms with Gasteiger partial charge in [-0.15, -0.1) is 11.3 Å². The van der Waals surface area contributed by atoms with Crippen molar-refractivity contribution in [3.63, 3.8) is 0 Å². The third-order valence-electron chi connectivity index (χ3n) is 5.41. The van der Waals surface area contributed by atoms with Crippen LogP contribution in [-0.4, -0.2) is 29.7 Å². The van der Waals surface area contributed by atoms with E-state index < -0.39 is 5.92 Å². The van der Waals surface area contributed by atoms with Crippen molar-refractivity contribution in [3.8, 4) is 11.8 Å². The number of thioether (sulfide) groups is 1. The fourth-order valence-corrected chi connectivity index (χ4v) is 5.26. The van der Waals surface area contributed by atoms with Crippen molar-refractivity contribution in [1.29, 1.82) is 5.26 Å². The van der Waals surface area contributed by atoms with Crippen LogP contribution >= 0.6 is 23.1 Å². The van der Waals surface area contributed by atoms with Crippen LogP contribution < -0.4 is 20.7 Å². The molecule has 1 aliphatic heterocycles. The minimum Gasteiger partial charge on any atom is -0.495 e. The number of hydrogen-bond acceptors (Lipinski definition) is 8. The lowest BCUT2D eigenvalue weighted by atomic mass is 9.82. The van der Waals surface area contributed by atoms with E-state index in [0.717, 1.165) is 5.56 Å². The SMILES string of the molecule is COc1ccccc1NC(=O)C1=C(C)NC(SCC(=O)Nc2nccs2)=C(C#N)[C@H]1c1ccccc1. The van der Waals surface area contributed by atoms with Gasteiger partial charge in [-0.25, -0.2) is 4.98 Å². The average Bonchev–Trinajstić information content (AvgIpc) is 3.40. The molecule has 0 unspecified atom stereocenters. The van der Waals surface area contributed by atoms with Crippen LogP contribution in [-0.2, 0) is 9.59 Å². The van der Waals surface area contributed by atoms with E-state index in [1.807, 2.05) is 36.4 Å². The van der Waals surface area contributed by atoms with Crippen LogP contribution in [0.15, 0.2) is 88.0 Å². The number of dihydropyridines is 1. The molecular formula is C26H23N5O3S2. The Morgan fingerprint density at radius 1 is 1.17 bits per heavy atom. The largest absolute Gasteiger partial charge is 0.495 e. The van der Waals surface area contributed by atoms with Crippen LogP contribution in [0, 0.1) is 11.3 Å². The van der Waals surface area contributed by atoms with Crippen molar-refractivity contribution in [2.75, 3.05) is 23.5 Å². The highest BCUT2D eigenvalue weighted by atomic mass is 32.2. The van der Waals surface area contributed by atoms with E-state index in [0.29, 0.717) is 38.4 Å². The summed E-state index contributed by atoms with van der Waals surface area (Å²) in [6.45, 7) is 1.79. The van der Waals surface area contributed by atoms with Gasteiger partial charge in [0, 0.05) is 22.8 Å². The summed E-state index contributed by atoms with van der Waals surface area (Å²) in [6, 6.07) is 18.8. The minimum absolute atomic E-state index is 0.0740. The van der Waals surface area contributed by atoms with Gasteiger partial charge < -0.3 is 20.7 Å². The van der Waals surface area contributed by atoms with Crippen LogP contribution in [0.5, 0.6) is 5.75 Å². The molecule has 182 valence electrons. The summed E-state index contributed by atoms with van der Waals surface area (Å²) in [5.74, 6) is -0.597. The molecule has 0 fully saturated rings. The fraction of sp³-hybridized carbons (Fsp3) is 0.154. The number of methoxy groups -OCH3 is 1. The molecule has 3 N–H and O–H groups in total. The van der Waals surface area contributed by atoms with Gasteiger partial charge >= 0.3 is 0 Å². The van der Waals surface area contributed by atoms with Gasteiger partial charge in [0.25, 0.3) is 5.91 Å². The molecule has 0 saturated heterocycles. The quantitative estimate of drug-likeness (QED) is 0.391. The number of carbonyl (C=O) groups is 2. The van der Waals surface area contributed by atoms with Crippen LogP contribution in [0.3, 0.4) is 0 Å². The molecule has 0 bridgehead atoms. The van der Waals surface area contributed by atoms with Crippen LogP contribution in [0.1, 0.15) is 18.4 Å². The summed E-state index contributed by atoms with van der Waals surface area (Å²) in [5.41, 5.74) is 2.70. The van der Waals surface area contributed by atoms with Crippen LogP contribution in [0.25, 0.3) is 0 Å². The third-order valence-corrected chi connectivity index (χ3v) is 7.11. The smallest absolute Gasteiger partial charge is 0.254 e. The number of nitrogens with one attached hydrogen (secondary N) is 3. The summed E-state index contributed by atoms with van der Waals surface area (Å²) in [5, 5.41) is 21.9. The Morgan fingerprint density at radius 3 is 2.61 bits per heavy atom. The second-order valence-electron chi connectivity index (χ2n) is 7.69. The lowest BCUT2D eigenvalue weighted by Crippen LogP contribution is -2.31. The third kappa shape index (κ3) is 5.59. The van der Waals surface area contributed by atoms with Crippen LogP contribution in [0.2, 0.25) is 0 Å². The highest BCUT2D eigenvalue weighted by Crippen LogP contribution is 2.41. The van der Waals surface area contributed by atoms with E-state index in [1.54, 1.807) is 36.7 Å². The van der Waals surface area contributed by atoms with Crippen molar-refractivity contribution in [1.82, 2.24) is 10.3 Å². The van der Waals surface area contributed by atoms with Gasteiger partial charge in [-0.3, -0.25) is 9.59 Å². The maximum absolute atomic E-state index is 13.6. The van der Waals surface area contributed by atoms with Gasteiger partial charge in [0.05, 0.1) is 41.1 Å². The Hall–Kier alpha value is -4.07. The number of amides is 2. The molecule has 0 saturated carbocycles. The maximum atomic E-state index is 13.6. The topological polar surface area (TPSA) is 116 Å². The van der Waals surface area contributed by atoms with Gasteiger partial charge in [-0.1, -0.05) is 54.2 Å². The highest BCUT2D eigenvalue weighted by Gasteiger charge is 2.35. The lowest BCUT2D eigenvalue weighted by molar-refractivity contribution is -0.114. The number of ether oxygens (including phenoxy) is 1. The molecule has 0 spiro atoms. The van der Waals surface area contributed by atoms with Gasteiger partial charge in [-0.2, -0.15) is 5.26 Å². The first-order valence-corrected chi connectivity index (χ1v) is 12.8. The van der Waals surface area contributed by atoms with Crippen molar-refractivity contribution < 1.29 is 14.3 Å². The molecule has 36 heavy (non-hydrogen) atoms. The molecule has 0 aliphatic carbocycles. The summed E-state index contributed by atoms with van der Waals surface area (Å²) in [4.78, 5) is 30.1. The molecule has 1 atom stereocenters. The summed E-state index contributed by atoms with van der Waals surface area (Å²) in [6.07, 6.45) is 1.61. The predicted molar refractivity (Wildman–Crippen MR) is 142 cm³/mol. The Balaban J connectivity index is 1.64. The fourth-order valence-electron chi connectivity index (χ4n) is 3.82. The standard InChI is InChI=1S/C26H23N5O3S2/c1-16-22(24(33)30-19-10-6-7-11-20(19)34-2)23(17-8-4-3-5-9-17)18(14-27)25(29-16)36-15-21(32)31-26-28-12-13-35-26/h3-13,23,29H,15H2,1-2H3,(H,30,33)(H,28,31,32)/t23-/m1/s1. The molecule has 0 radical (unpaired) electrons. The molecule has 4 rings (SSSR count). The lowest BCUT2D eigenvalue weighted by Gasteiger charge is -2.30. The first-order valence-electron chi connectivity index (χ1n) is 10.9. The number of benzene rings is 2. The second-order valence-corrected chi connectivity index (χ2v) is 9.57. The van der Waals surface area contributed by atoms with Gasteiger partial charge in [0.1, 0.15) is 5.75 Å². The molecule has 2 heterocycles. The molecule has 2 aromatic carbocycles. The molecule has 10 heteroatoms. The van der Waals surface area contributed by atoms with Crippen molar-refractivity contribution in [2.24, 2.45) is 0 Å². The van der Waals surface area contributed by atoms with E-state index in [-0.39, 0.29) is 17.6 Å². The Bertz CT molecular complexity index is 1360. The number of anilines is 2. The minimum atomic E-state index is -0.614. The van der Waals surface area contributed by atoms with E-state index in [2.05, 4.69) is 27.0 Å². The summed E-state index contributed by atoms with van der Waals surface area (Å²) in [7, 11) is 1.54. The highest BCUT2D eigenvalue weighted by molar-refractivity contribution is 8.03. The molecule has 1 aromatic heterocycles. The Kier molecular flexibility index (Phi) is 8.05. The zero-order valence-electron chi connectivity index (χ0n) is 19.6. The number of carbonyl (C=O) groups excluding carboxylic acids is 2. The monoisotopic (exact) mass is 517 g/mol. The number of aromatic nitrogens is 1. The van der Waals surface area contributed by atoms with E-state index in [4.69, 9.17) is 4.74 Å². The van der Waals surface area contributed by atoms with E-state index in [9.17, 15) is 14.9 Å². The predicted octanol–water partition coefficient (Wildman–Crippen LogP) is 4.86. The first kappa shape index (κ1) is 25.0. The number of nitriles is 1. The number of nitrogens with zero attached hydrogens (tertiary/aromatic N) is 2. The van der Waals surface area contributed by atoms with Gasteiger partial charge in [0.15, 0.2) is 5.13 Å². The van der Waals surface area contributed by atoms with Gasteiger partial charge in [0.2, 0.25) is 5.91 Å². The van der Waals surface area contributed by atoms with Crippen molar-refractivity contribution >= 4 is 45.7 Å². The van der Waals surface area contributed by atoms with Crippen molar-refractivity contribution in [3.05, 3.63) is 93.6 Å². The number of hydrogen-bond donors (Lipinski definition) is 3. The molecule has 8 nitrogen and oxygen atoms in total. The van der Waals surface area contributed by atoms with Crippen LogP contribution in [0.4, 0.5) is 10.8 Å². The van der Waals surface area contributed by atoms with Gasteiger partial charge in [-0.05, 0) is 24.6 Å². The normalized spacial score (nSPS) is 15.1. The average molecular weight is 518 g/mol. The molecular weight excluding hydrogens is 494 g/mol. The first-order chi connectivity index (χ1) is 17.5. The molecule has 3 aromatic rings. The van der Waals surface area contributed by atoms with E-state index >= 15 is 0 Å². The second kappa shape index (κ2) is 11.6. The molecule has 1 aliphatic rings. The Morgan fingerprint density at radius 2 is 1.92 bits per heavy atom. The number of thiazole rings is 1. The number of rotatable bonds is 8.